The molecule has 0 radical (unpaired) electrons. The lowest BCUT2D eigenvalue weighted by atomic mass is 9.96. The third-order valence-electron chi connectivity index (χ3n) is 3.37. The zero-order chi connectivity index (χ0) is 14.3. The number of urea groups is 1. The van der Waals surface area contributed by atoms with Crippen LogP contribution in [0.1, 0.15) is 33.1 Å². The predicted molar refractivity (Wildman–Crippen MR) is 77.5 cm³/mol. The molecule has 19 heavy (non-hydrogen) atoms. The van der Waals surface area contributed by atoms with Gasteiger partial charge in [-0.25, -0.2) is 4.79 Å². The van der Waals surface area contributed by atoms with E-state index in [1.807, 2.05) is 25.6 Å². The molecule has 0 bridgehead atoms. The molecule has 1 aliphatic rings. The molecule has 2 amide bonds. The number of nitrogens with one attached hydrogen (secondary N) is 2. The molecule has 1 rings (SSSR count). The minimum absolute atomic E-state index is 0.00620. The van der Waals surface area contributed by atoms with E-state index in [4.69, 9.17) is 5.11 Å². The van der Waals surface area contributed by atoms with Crippen LogP contribution in [0.4, 0.5) is 4.79 Å². The molecular weight excluding hydrogens is 264 g/mol. The number of hydrogen-bond donors (Lipinski definition) is 3. The molecule has 1 heterocycles. The maximum atomic E-state index is 11.6. The Morgan fingerprint density at radius 1 is 1.32 bits per heavy atom. The number of carboxylic acids is 1. The van der Waals surface area contributed by atoms with Crippen molar-refractivity contribution in [2.75, 3.05) is 18.8 Å². The number of carboxylic acid groups (broad SMARTS) is 1. The van der Waals surface area contributed by atoms with Crippen molar-refractivity contribution in [3.63, 3.8) is 0 Å². The number of amides is 2. The third kappa shape index (κ3) is 6.18. The number of aliphatic carboxylic acids is 1. The van der Waals surface area contributed by atoms with Crippen molar-refractivity contribution in [1.29, 1.82) is 0 Å². The van der Waals surface area contributed by atoms with E-state index in [1.165, 1.54) is 18.6 Å². The van der Waals surface area contributed by atoms with Crippen LogP contribution in [0.5, 0.6) is 0 Å². The van der Waals surface area contributed by atoms with Crippen molar-refractivity contribution < 1.29 is 14.7 Å². The predicted octanol–water partition coefficient (Wildman–Crippen LogP) is 1.93. The van der Waals surface area contributed by atoms with Gasteiger partial charge in [0.05, 0.1) is 5.92 Å². The van der Waals surface area contributed by atoms with Crippen LogP contribution < -0.4 is 10.6 Å². The van der Waals surface area contributed by atoms with Crippen LogP contribution in [0.3, 0.4) is 0 Å². The number of thioether (sulfide) groups is 1. The lowest BCUT2D eigenvalue weighted by Crippen LogP contribution is -2.43. The summed E-state index contributed by atoms with van der Waals surface area (Å²) >= 11 is 1.90. The fourth-order valence-corrected chi connectivity index (χ4v) is 3.29. The Hall–Kier alpha value is -0.910. The van der Waals surface area contributed by atoms with Crippen molar-refractivity contribution >= 4 is 23.8 Å². The Morgan fingerprint density at radius 3 is 2.58 bits per heavy atom. The SMILES string of the molecule is CC(C)C(CNC(=O)NCC1CCCCS1)C(=O)O. The van der Waals surface area contributed by atoms with Gasteiger partial charge in [-0.15, -0.1) is 0 Å². The van der Waals surface area contributed by atoms with Crippen LogP contribution in [-0.2, 0) is 4.79 Å². The van der Waals surface area contributed by atoms with Gasteiger partial charge in [-0.3, -0.25) is 4.79 Å². The Morgan fingerprint density at radius 2 is 2.05 bits per heavy atom. The van der Waals surface area contributed by atoms with E-state index in [1.54, 1.807) is 0 Å². The number of carbonyl (C=O) groups excluding carboxylic acids is 1. The highest BCUT2D eigenvalue weighted by Crippen LogP contribution is 2.24. The van der Waals surface area contributed by atoms with Gasteiger partial charge in [-0.05, 0) is 24.5 Å². The Labute approximate surface area is 118 Å². The normalized spacial score (nSPS) is 20.9. The van der Waals surface area contributed by atoms with Gasteiger partial charge in [-0.1, -0.05) is 20.3 Å². The van der Waals surface area contributed by atoms with Crippen molar-refractivity contribution in [3.8, 4) is 0 Å². The van der Waals surface area contributed by atoms with Gasteiger partial charge in [-0.2, -0.15) is 11.8 Å². The first-order valence-electron chi connectivity index (χ1n) is 6.86. The van der Waals surface area contributed by atoms with Gasteiger partial charge in [0.1, 0.15) is 0 Å². The first-order chi connectivity index (χ1) is 9.00. The van der Waals surface area contributed by atoms with E-state index in [2.05, 4.69) is 10.6 Å². The summed E-state index contributed by atoms with van der Waals surface area (Å²) in [4.78, 5) is 22.6. The molecule has 2 atom stereocenters. The van der Waals surface area contributed by atoms with Crippen molar-refractivity contribution in [1.82, 2.24) is 10.6 Å². The molecule has 5 nitrogen and oxygen atoms in total. The second-order valence-electron chi connectivity index (χ2n) is 5.27. The first kappa shape index (κ1) is 16.1. The Bertz CT molecular complexity index is 304. The van der Waals surface area contributed by atoms with Gasteiger partial charge in [0.2, 0.25) is 0 Å². The third-order valence-corrected chi connectivity index (χ3v) is 4.77. The Kier molecular flexibility index (Phi) is 7.05. The van der Waals surface area contributed by atoms with Crippen molar-refractivity contribution in [3.05, 3.63) is 0 Å². The molecule has 1 fully saturated rings. The van der Waals surface area contributed by atoms with Crippen molar-refractivity contribution in [2.45, 2.75) is 38.4 Å². The summed E-state index contributed by atoms with van der Waals surface area (Å²) in [5, 5.41) is 15.0. The molecule has 0 saturated carbocycles. The number of rotatable bonds is 6. The summed E-state index contributed by atoms with van der Waals surface area (Å²) < 4.78 is 0. The summed E-state index contributed by atoms with van der Waals surface area (Å²) in [6, 6.07) is -0.266. The molecule has 0 aromatic carbocycles. The summed E-state index contributed by atoms with van der Waals surface area (Å²) in [6.07, 6.45) is 3.64. The van der Waals surface area contributed by atoms with Gasteiger partial charge in [0, 0.05) is 18.3 Å². The number of hydrogen-bond acceptors (Lipinski definition) is 3. The highest BCUT2D eigenvalue weighted by molar-refractivity contribution is 7.99. The van der Waals surface area contributed by atoms with Crippen LogP contribution in [0.2, 0.25) is 0 Å². The molecular formula is C13H24N2O3S. The molecule has 110 valence electrons. The van der Waals surface area contributed by atoms with Crippen LogP contribution in [0.15, 0.2) is 0 Å². The maximum absolute atomic E-state index is 11.6. The average Bonchev–Trinajstić information content (AvgIpc) is 2.37. The lowest BCUT2D eigenvalue weighted by Gasteiger charge is -2.22. The molecule has 0 aromatic heterocycles. The van der Waals surface area contributed by atoms with E-state index in [0.717, 1.165) is 6.42 Å². The first-order valence-corrected chi connectivity index (χ1v) is 7.91. The van der Waals surface area contributed by atoms with Gasteiger partial charge < -0.3 is 15.7 Å². The molecule has 0 spiro atoms. The second kappa shape index (κ2) is 8.30. The van der Waals surface area contributed by atoms with E-state index in [0.29, 0.717) is 11.8 Å². The zero-order valence-corrected chi connectivity index (χ0v) is 12.5. The molecule has 1 saturated heterocycles. The summed E-state index contributed by atoms with van der Waals surface area (Å²) in [5.41, 5.74) is 0. The summed E-state index contributed by atoms with van der Waals surface area (Å²) in [6.45, 7) is 4.53. The standard InChI is InChI=1S/C13H24N2O3S/c1-9(2)11(12(16)17)8-15-13(18)14-7-10-5-3-4-6-19-10/h9-11H,3-8H2,1-2H3,(H,16,17)(H2,14,15,18). The zero-order valence-electron chi connectivity index (χ0n) is 11.6. The van der Waals surface area contributed by atoms with Gasteiger partial charge in [0.25, 0.3) is 0 Å². The molecule has 1 aliphatic heterocycles. The summed E-state index contributed by atoms with van der Waals surface area (Å²) in [7, 11) is 0. The second-order valence-corrected chi connectivity index (χ2v) is 6.68. The number of carbonyl (C=O) groups is 2. The summed E-state index contributed by atoms with van der Waals surface area (Å²) in [5.74, 6) is -0.220. The van der Waals surface area contributed by atoms with E-state index in [9.17, 15) is 9.59 Å². The molecule has 6 heteroatoms. The van der Waals surface area contributed by atoms with E-state index < -0.39 is 11.9 Å². The van der Waals surface area contributed by atoms with Crippen LogP contribution in [-0.4, -0.2) is 41.2 Å². The van der Waals surface area contributed by atoms with Crippen LogP contribution in [0.25, 0.3) is 0 Å². The highest BCUT2D eigenvalue weighted by atomic mass is 32.2. The molecule has 0 aliphatic carbocycles. The molecule has 0 aromatic rings. The van der Waals surface area contributed by atoms with E-state index in [-0.39, 0.29) is 18.5 Å². The van der Waals surface area contributed by atoms with Crippen LogP contribution >= 0.6 is 11.8 Å². The smallest absolute Gasteiger partial charge is 0.314 e. The molecule has 2 unspecified atom stereocenters. The fraction of sp³-hybridized carbons (Fsp3) is 0.846. The van der Waals surface area contributed by atoms with Gasteiger partial charge in [0.15, 0.2) is 0 Å². The Balaban J connectivity index is 2.21. The molecule has 3 N–H and O–H groups in total. The topological polar surface area (TPSA) is 78.4 Å². The van der Waals surface area contributed by atoms with E-state index >= 15 is 0 Å². The lowest BCUT2D eigenvalue weighted by molar-refractivity contribution is -0.142. The van der Waals surface area contributed by atoms with Crippen molar-refractivity contribution in [2.24, 2.45) is 11.8 Å². The monoisotopic (exact) mass is 288 g/mol. The average molecular weight is 288 g/mol. The van der Waals surface area contributed by atoms with Gasteiger partial charge >= 0.3 is 12.0 Å². The fourth-order valence-electron chi connectivity index (χ4n) is 2.05. The quantitative estimate of drug-likeness (QED) is 0.698. The highest BCUT2D eigenvalue weighted by Gasteiger charge is 2.22. The largest absolute Gasteiger partial charge is 0.481 e. The maximum Gasteiger partial charge on any atom is 0.314 e. The minimum atomic E-state index is -0.863. The minimum Gasteiger partial charge on any atom is -0.481 e. The van der Waals surface area contributed by atoms with Crippen LogP contribution in [0, 0.1) is 11.8 Å².